The number of carbonyl (C=O) groups excluding carboxylic acids is 1. The lowest BCUT2D eigenvalue weighted by Crippen LogP contribution is -2.39. The third-order valence-corrected chi connectivity index (χ3v) is 4.88. The number of hydrogen-bond acceptors (Lipinski definition) is 5. The summed E-state index contributed by atoms with van der Waals surface area (Å²) in [5.41, 5.74) is 7.57. The van der Waals surface area contributed by atoms with E-state index in [1.54, 1.807) is 20.3 Å². The van der Waals surface area contributed by atoms with Gasteiger partial charge in [0.1, 0.15) is 23.4 Å². The van der Waals surface area contributed by atoms with E-state index in [0.717, 1.165) is 5.56 Å². The molecule has 0 spiro atoms. The minimum atomic E-state index is -0.441. The summed E-state index contributed by atoms with van der Waals surface area (Å²) in [7, 11) is 3.19. The zero-order chi connectivity index (χ0) is 18.7. The van der Waals surface area contributed by atoms with Crippen molar-refractivity contribution >= 4 is 27.5 Å². The SMILES string of the molecule is COc1ccc(C2CC(C(=O)Nc3ccc(F)cc3Br)NN2)c(OC)c1. The van der Waals surface area contributed by atoms with Gasteiger partial charge in [-0.1, -0.05) is 6.07 Å². The summed E-state index contributed by atoms with van der Waals surface area (Å²) in [6.45, 7) is 0. The van der Waals surface area contributed by atoms with Crippen LogP contribution in [0.4, 0.5) is 10.1 Å². The van der Waals surface area contributed by atoms with Crippen molar-refractivity contribution in [2.45, 2.75) is 18.5 Å². The average molecular weight is 424 g/mol. The Kier molecular flexibility index (Phi) is 5.75. The molecule has 2 unspecified atom stereocenters. The Balaban J connectivity index is 1.69. The maximum absolute atomic E-state index is 13.2. The first-order chi connectivity index (χ1) is 12.5. The minimum absolute atomic E-state index is 0.0942. The van der Waals surface area contributed by atoms with Crippen molar-refractivity contribution in [1.82, 2.24) is 10.9 Å². The van der Waals surface area contributed by atoms with Gasteiger partial charge in [0.05, 0.1) is 25.9 Å². The van der Waals surface area contributed by atoms with Crippen LogP contribution in [0.5, 0.6) is 11.5 Å². The molecule has 3 N–H and O–H groups in total. The number of halogens is 2. The third-order valence-electron chi connectivity index (χ3n) is 4.22. The molecule has 138 valence electrons. The number of amides is 1. The Labute approximate surface area is 159 Å². The third kappa shape index (κ3) is 3.98. The number of anilines is 1. The molecule has 0 aromatic heterocycles. The summed E-state index contributed by atoms with van der Waals surface area (Å²) >= 11 is 3.25. The number of nitrogens with one attached hydrogen (secondary N) is 3. The van der Waals surface area contributed by atoms with Gasteiger partial charge in [-0.3, -0.25) is 4.79 Å². The van der Waals surface area contributed by atoms with Gasteiger partial charge < -0.3 is 14.8 Å². The Morgan fingerprint density at radius 1 is 1.19 bits per heavy atom. The molecule has 2 aromatic carbocycles. The number of carbonyl (C=O) groups is 1. The van der Waals surface area contributed by atoms with E-state index in [-0.39, 0.29) is 17.8 Å². The number of rotatable bonds is 5. The van der Waals surface area contributed by atoms with E-state index in [9.17, 15) is 9.18 Å². The molecule has 8 heteroatoms. The molecular weight excluding hydrogens is 405 g/mol. The zero-order valence-electron chi connectivity index (χ0n) is 14.3. The zero-order valence-corrected chi connectivity index (χ0v) is 15.9. The molecule has 1 saturated heterocycles. The molecule has 0 saturated carbocycles. The predicted octanol–water partition coefficient (Wildman–Crippen LogP) is 3.15. The molecule has 2 atom stereocenters. The van der Waals surface area contributed by atoms with Crippen molar-refractivity contribution in [1.29, 1.82) is 0 Å². The number of hydrazine groups is 1. The maximum Gasteiger partial charge on any atom is 0.242 e. The quantitative estimate of drug-likeness (QED) is 0.688. The van der Waals surface area contributed by atoms with Crippen molar-refractivity contribution in [3.63, 3.8) is 0 Å². The lowest BCUT2D eigenvalue weighted by Gasteiger charge is -2.15. The lowest BCUT2D eigenvalue weighted by molar-refractivity contribution is -0.117. The largest absolute Gasteiger partial charge is 0.497 e. The van der Waals surface area contributed by atoms with Gasteiger partial charge in [0.2, 0.25) is 5.91 Å². The van der Waals surface area contributed by atoms with Crippen LogP contribution in [-0.2, 0) is 4.79 Å². The van der Waals surface area contributed by atoms with E-state index in [1.807, 2.05) is 12.1 Å². The van der Waals surface area contributed by atoms with Gasteiger partial charge >= 0.3 is 0 Å². The fraction of sp³-hybridized carbons (Fsp3) is 0.278. The molecule has 26 heavy (non-hydrogen) atoms. The predicted molar refractivity (Wildman–Crippen MR) is 99.7 cm³/mol. The molecule has 1 amide bonds. The van der Waals surface area contributed by atoms with Crippen LogP contribution in [0.2, 0.25) is 0 Å². The first kappa shape index (κ1) is 18.6. The first-order valence-electron chi connectivity index (χ1n) is 8.00. The lowest BCUT2D eigenvalue weighted by atomic mass is 10.0. The highest BCUT2D eigenvalue weighted by Crippen LogP contribution is 2.33. The van der Waals surface area contributed by atoms with Gasteiger partial charge in [0.15, 0.2) is 0 Å². The number of benzene rings is 2. The van der Waals surface area contributed by atoms with Crippen molar-refractivity contribution < 1.29 is 18.7 Å². The Morgan fingerprint density at radius 2 is 2.00 bits per heavy atom. The Morgan fingerprint density at radius 3 is 2.69 bits per heavy atom. The molecule has 1 aliphatic rings. The molecule has 6 nitrogen and oxygen atoms in total. The monoisotopic (exact) mass is 423 g/mol. The van der Waals surface area contributed by atoms with Crippen molar-refractivity contribution in [2.75, 3.05) is 19.5 Å². The Bertz CT molecular complexity index is 818. The van der Waals surface area contributed by atoms with E-state index in [0.29, 0.717) is 28.1 Å². The van der Waals surface area contributed by atoms with Crippen LogP contribution in [0.15, 0.2) is 40.9 Å². The second kappa shape index (κ2) is 8.03. The van der Waals surface area contributed by atoms with Crippen LogP contribution < -0.4 is 25.6 Å². The van der Waals surface area contributed by atoms with Crippen LogP contribution in [0, 0.1) is 5.82 Å². The molecule has 1 fully saturated rings. The van der Waals surface area contributed by atoms with E-state index in [4.69, 9.17) is 9.47 Å². The highest BCUT2D eigenvalue weighted by Gasteiger charge is 2.32. The topological polar surface area (TPSA) is 71.6 Å². The standard InChI is InChI=1S/C18H19BrFN3O3/c1-25-11-4-5-12(17(8-11)26-2)15-9-16(23-22-15)18(24)21-14-6-3-10(20)7-13(14)19/h3-8,15-16,22-23H,9H2,1-2H3,(H,21,24). The molecule has 0 aliphatic carbocycles. The van der Waals surface area contributed by atoms with Crippen molar-refractivity contribution in [3.05, 3.63) is 52.3 Å². The average Bonchev–Trinajstić information content (AvgIpc) is 3.13. The van der Waals surface area contributed by atoms with Gasteiger partial charge in [0, 0.05) is 16.1 Å². The first-order valence-corrected chi connectivity index (χ1v) is 8.80. The fourth-order valence-electron chi connectivity index (χ4n) is 2.85. The second-order valence-electron chi connectivity index (χ2n) is 5.85. The summed E-state index contributed by atoms with van der Waals surface area (Å²) in [4.78, 5) is 12.5. The van der Waals surface area contributed by atoms with E-state index < -0.39 is 6.04 Å². The summed E-state index contributed by atoms with van der Waals surface area (Å²) < 4.78 is 24.3. The minimum Gasteiger partial charge on any atom is -0.497 e. The Hall–Kier alpha value is -2.16. The second-order valence-corrected chi connectivity index (χ2v) is 6.71. The molecule has 2 aromatic rings. The molecular formula is C18H19BrFN3O3. The number of hydrogen-bond donors (Lipinski definition) is 3. The summed E-state index contributed by atoms with van der Waals surface area (Å²) in [5.74, 6) is 0.806. The van der Waals surface area contributed by atoms with E-state index in [1.165, 1.54) is 18.2 Å². The molecule has 0 radical (unpaired) electrons. The van der Waals surface area contributed by atoms with Crippen LogP contribution in [0.1, 0.15) is 18.0 Å². The van der Waals surface area contributed by atoms with Gasteiger partial charge in [-0.2, -0.15) is 0 Å². The van der Waals surface area contributed by atoms with Crippen LogP contribution in [-0.4, -0.2) is 26.2 Å². The van der Waals surface area contributed by atoms with Crippen LogP contribution in [0.3, 0.4) is 0 Å². The number of ether oxygens (including phenoxy) is 2. The number of methoxy groups -OCH3 is 2. The summed E-state index contributed by atoms with van der Waals surface area (Å²) in [6, 6.07) is 9.15. The van der Waals surface area contributed by atoms with E-state index >= 15 is 0 Å². The van der Waals surface area contributed by atoms with Gasteiger partial charge in [0.25, 0.3) is 0 Å². The van der Waals surface area contributed by atoms with Crippen LogP contribution in [0.25, 0.3) is 0 Å². The van der Waals surface area contributed by atoms with E-state index in [2.05, 4.69) is 32.1 Å². The molecule has 1 aliphatic heterocycles. The smallest absolute Gasteiger partial charge is 0.242 e. The fourth-order valence-corrected chi connectivity index (χ4v) is 3.30. The normalized spacial score (nSPS) is 19.2. The highest BCUT2D eigenvalue weighted by molar-refractivity contribution is 9.10. The summed E-state index contributed by atoms with van der Waals surface area (Å²) in [6.07, 6.45) is 0.535. The molecule has 1 heterocycles. The molecule has 3 rings (SSSR count). The van der Waals surface area contributed by atoms with Gasteiger partial charge in [-0.15, -0.1) is 0 Å². The van der Waals surface area contributed by atoms with Gasteiger partial charge in [-0.05, 0) is 46.6 Å². The van der Waals surface area contributed by atoms with Crippen molar-refractivity contribution in [3.8, 4) is 11.5 Å². The molecule has 0 bridgehead atoms. The van der Waals surface area contributed by atoms with Crippen molar-refractivity contribution in [2.24, 2.45) is 0 Å². The maximum atomic E-state index is 13.2. The highest BCUT2D eigenvalue weighted by atomic mass is 79.9. The summed E-state index contributed by atoms with van der Waals surface area (Å²) in [5, 5.41) is 2.79. The van der Waals surface area contributed by atoms with Gasteiger partial charge in [-0.25, -0.2) is 15.2 Å². The van der Waals surface area contributed by atoms with Crippen LogP contribution >= 0.6 is 15.9 Å².